The predicted molar refractivity (Wildman–Crippen MR) is 65.6 cm³/mol. The maximum Gasteiger partial charge on any atom is 0.0704 e. The minimum Gasteiger partial charge on any atom is -0.347 e. The van der Waals surface area contributed by atoms with Crippen molar-refractivity contribution in [1.29, 1.82) is 0 Å². The molecule has 0 amide bonds. The summed E-state index contributed by atoms with van der Waals surface area (Å²) in [4.78, 5) is 6.10. The fourth-order valence-electron chi connectivity index (χ4n) is 1.78. The Kier molecular flexibility index (Phi) is 3.74. The highest BCUT2D eigenvalue weighted by atomic mass is 15.1. The zero-order valence-corrected chi connectivity index (χ0v) is 9.75. The van der Waals surface area contributed by atoms with E-state index >= 15 is 0 Å². The van der Waals surface area contributed by atoms with Gasteiger partial charge in [-0.05, 0) is 18.8 Å². The van der Waals surface area contributed by atoms with Gasteiger partial charge >= 0.3 is 0 Å². The van der Waals surface area contributed by atoms with E-state index in [2.05, 4.69) is 29.3 Å². The van der Waals surface area contributed by atoms with Crippen LogP contribution in [0.1, 0.15) is 19.8 Å². The minimum atomic E-state index is 0.473. The van der Waals surface area contributed by atoms with Crippen molar-refractivity contribution in [2.45, 2.75) is 19.8 Å². The summed E-state index contributed by atoms with van der Waals surface area (Å²) in [6.07, 6.45) is 9.33. The third-order valence-electron chi connectivity index (χ3n) is 2.92. The third-order valence-corrected chi connectivity index (χ3v) is 2.92. The smallest absolute Gasteiger partial charge is 0.0704 e. The highest BCUT2D eigenvalue weighted by molar-refractivity contribution is 5.80. The molecule has 1 aliphatic heterocycles. The van der Waals surface area contributed by atoms with Crippen LogP contribution in [0.25, 0.3) is 0 Å². The predicted octanol–water partition coefficient (Wildman–Crippen LogP) is 2.45. The molecule has 1 aliphatic rings. The van der Waals surface area contributed by atoms with E-state index in [1.807, 2.05) is 13.3 Å². The maximum absolute atomic E-state index is 5.52. The van der Waals surface area contributed by atoms with Crippen LogP contribution in [0.3, 0.4) is 0 Å². The Morgan fingerprint density at radius 1 is 1.67 bits per heavy atom. The molecule has 0 saturated heterocycles. The Morgan fingerprint density at radius 2 is 2.33 bits per heavy atom. The van der Waals surface area contributed by atoms with Gasteiger partial charge in [-0.15, -0.1) is 6.42 Å². The summed E-state index contributed by atoms with van der Waals surface area (Å²) in [5, 5.41) is 0. The monoisotopic (exact) mass is 202 g/mol. The van der Waals surface area contributed by atoms with Gasteiger partial charge in [0.1, 0.15) is 0 Å². The number of nitrogens with zero attached hydrogens (tertiary/aromatic N) is 2. The van der Waals surface area contributed by atoms with Gasteiger partial charge < -0.3 is 4.90 Å². The molecule has 2 nitrogen and oxygen atoms in total. The number of rotatable bonds is 1. The molecule has 0 radical (unpaired) electrons. The lowest BCUT2D eigenvalue weighted by atomic mass is 10.0. The van der Waals surface area contributed by atoms with Crippen molar-refractivity contribution in [3.63, 3.8) is 0 Å². The number of aliphatic imine (C=N–C) groups is 1. The molecule has 80 valence electrons. The second kappa shape index (κ2) is 4.84. The normalized spacial score (nSPS) is 23.2. The lowest BCUT2D eigenvalue weighted by Crippen LogP contribution is -2.20. The van der Waals surface area contributed by atoms with Crippen LogP contribution in [-0.2, 0) is 0 Å². The molecule has 1 rings (SSSR count). The van der Waals surface area contributed by atoms with E-state index in [0.717, 1.165) is 29.8 Å². The van der Waals surface area contributed by atoms with Crippen molar-refractivity contribution in [2.24, 2.45) is 10.9 Å². The minimum absolute atomic E-state index is 0.473. The molecule has 0 saturated carbocycles. The number of hydrogen-bond acceptors (Lipinski definition) is 2. The first kappa shape index (κ1) is 11.6. The Hall–Kier alpha value is -1.49. The first-order chi connectivity index (χ1) is 7.11. The van der Waals surface area contributed by atoms with E-state index in [9.17, 15) is 0 Å². The molecule has 0 bridgehead atoms. The van der Waals surface area contributed by atoms with Crippen LogP contribution in [0.4, 0.5) is 0 Å². The van der Waals surface area contributed by atoms with Crippen molar-refractivity contribution in [3.05, 3.63) is 23.5 Å². The van der Waals surface area contributed by atoms with Gasteiger partial charge in [-0.25, -0.2) is 0 Å². The molecule has 2 heteroatoms. The van der Waals surface area contributed by atoms with Crippen LogP contribution >= 0.6 is 0 Å². The molecular weight excluding hydrogens is 184 g/mol. The highest BCUT2D eigenvalue weighted by Crippen LogP contribution is 2.28. The lowest BCUT2D eigenvalue weighted by molar-refractivity contribution is 0.460. The topological polar surface area (TPSA) is 15.6 Å². The summed E-state index contributed by atoms with van der Waals surface area (Å²) >= 11 is 0. The van der Waals surface area contributed by atoms with Gasteiger partial charge in [0.15, 0.2) is 0 Å². The van der Waals surface area contributed by atoms with E-state index in [1.54, 1.807) is 7.05 Å². The van der Waals surface area contributed by atoms with Crippen LogP contribution in [0.5, 0.6) is 0 Å². The second-order valence-electron chi connectivity index (χ2n) is 3.89. The molecule has 15 heavy (non-hydrogen) atoms. The first-order valence-electron chi connectivity index (χ1n) is 5.16. The fraction of sp³-hybridized carbons (Fsp3) is 0.462. The average molecular weight is 202 g/mol. The van der Waals surface area contributed by atoms with Gasteiger partial charge in [-0.3, -0.25) is 4.99 Å². The van der Waals surface area contributed by atoms with Crippen LogP contribution in [0, 0.1) is 18.3 Å². The standard InChI is InChI=1S/C13H18N2/c1-6-12-8-7-10(2)11(3)15(5)13(12)9-14-4/h1,9-10H,3,7-8H2,2,4-5H3/b14-9-. The highest BCUT2D eigenvalue weighted by Gasteiger charge is 2.20. The van der Waals surface area contributed by atoms with E-state index in [1.165, 1.54) is 0 Å². The molecule has 1 unspecified atom stereocenters. The number of hydrogen-bond donors (Lipinski definition) is 0. The van der Waals surface area contributed by atoms with Crippen LogP contribution < -0.4 is 0 Å². The number of allylic oxidation sites excluding steroid dienone is 3. The van der Waals surface area contributed by atoms with E-state index in [4.69, 9.17) is 6.42 Å². The van der Waals surface area contributed by atoms with Crippen LogP contribution in [0.15, 0.2) is 28.5 Å². The van der Waals surface area contributed by atoms with E-state index in [-0.39, 0.29) is 0 Å². The van der Waals surface area contributed by atoms with Gasteiger partial charge in [0, 0.05) is 31.6 Å². The zero-order valence-electron chi connectivity index (χ0n) is 9.75. The number of terminal acetylenes is 1. The van der Waals surface area contributed by atoms with Crippen molar-refractivity contribution in [3.8, 4) is 12.3 Å². The quantitative estimate of drug-likeness (QED) is 0.471. The maximum atomic E-state index is 5.52. The molecular formula is C13H18N2. The molecule has 1 heterocycles. The summed E-state index contributed by atoms with van der Waals surface area (Å²) in [6, 6.07) is 0. The summed E-state index contributed by atoms with van der Waals surface area (Å²) in [7, 11) is 3.75. The molecule has 0 aliphatic carbocycles. The van der Waals surface area contributed by atoms with Crippen molar-refractivity contribution in [2.75, 3.05) is 14.1 Å². The fourth-order valence-corrected chi connectivity index (χ4v) is 1.78. The molecule has 0 aromatic heterocycles. The van der Waals surface area contributed by atoms with Crippen molar-refractivity contribution in [1.82, 2.24) is 4.90 Å². The summed E-state index contributed by atoms with van der Waals surface area (Å²) in [5.74, 6) is 3.23. The van der Waals surface area contributed by atoms with Crippen LogP contribution in [0.2, 0.25) is 0 Å². The van der Waals surface area contributed by atoms with Gasteiger partial charge in [-0.1, -0.05) is 19.4 Å². The first-order valence-corrected chi connectivity index (χ1v) is 5.16. The third kappa shape index (κ3) is 2.30. The van der Waals surface area contributed by atoms with E-state index in [0.29, 0.717) is 5.92 Å². The summed E-state index contributed by atoms with van der Waals surface area (Å²) in [5.41, 5.74) is 3.14. The SMILES string of the molecule is C#CC1=C(/C=N\C)N(C)C(=C)C(C)CC1. The van der Waals surface area contributed by atoms with Gasteiger partial charge in [0.05, 0.1) is 5.70 Å². The van der Waals surface area contributed by atoms with Crippen LogP contribution in [-0.4, -0.2) is 25.2 Å². The van der Waals surface area contributed by atoms with Crippen molar-refractivity contribution < 1.29 is 0 Å². The lowest BCUT2D eigenvalue weighted by Gasteiger charge is -2.24. The molecule has 0 spiro atoms. The largest absolute Gasteiger partial charge is 0.347 e. The van der Waals surface area contributed by atoms with Gasteiger partial charge in [-0.2, -0.15) is 0 Å². The molecule has 0 N–H and O–H groups in total. The summed E-state index contributed by atoms with van der Waals surface area (Å²) < 4.78 is 0. The average Bonchev–Trinajstić information content (AvgIpc) is 2.33. The molecule has 0 fully saturated rings. The van der Waals surface area contributed by atoms with Gasteiger partial charge in [0.25, 0.3) is 0 Å². The Labute approximate surface area is 92.4 Å². The Morgan fingerprint density at radius 3 is 2.87 bits per heavy atom. The second-order valence-corrected chi connectivity index (χ2v) is 3.89. The van der Waals surface area contributed by atoms with E-state index < -0.39 is 0 Å². The molecule has 0 aromatic rings. The Bertz CT molecular complexity index is 355. The molecule has 1 atom stereocenters. The van der Waals surface area contributed by atoms with Gasteiger partial charge in [0.2, 0.25) is 0 Å². The zero-order chi connectivity index (χ0) is 11.4. The van der Waals surface area contributed by atoms with Crippen molar-refractivity contribution >= 4 is 6.21 Å². The molecule has 0 aromatic carbocycles. The Balaban J connectivity index is 3.16. The summed E-state index contributed by atoms with van der Waals surface area (Å²) in [6.45, 7) is 6.28.